The van der Waals surface area contributed by atoms with Gasteiger partial charge in [-0.25, -0.2) is 0 Å². The summed E-state index contributed by atoms with van der Waals surface area (Å²) in [5.74, 6) is 0. The van der Waals surface area contributed by atoms with E-state index in [9.17, 15) is 0 Å². The molecule has 0 atom stereocenters. The number of rotatable bonds is 2. The van der Waals surface area contributed by atoms with Gasteiger partial charge in [0.25, 0.3) is 0 Å². The quantitative estimate of drug-likeness (QED) is 0.583. The van der Waals surface area contributed by atoms with Crippen LogP contribution in [0.1, 0.15) is 5.56 Å². The van der Waals surface area contributed by atoms with Gasteiger partial charge in [0.05, 0.1) is 4.48 Å². The zero-order valence-electron chi connectivity index (χ0n) is 6.80. The number of aryl methyl sites for hydroxylation is 1. The minimum absolute atomic E-state index is 0.841. The van der Waals surface area contributed by atoms with E-state index in [0.29, 0.717) is 0 Å². The Morgan fingerprint density at radius 2 is 2.42 bits per heavy atom. The molecule has 0 aliphatic rings. The van der Waals surface area contributed by atoms with E-state index >= 15 is 0 Å². The lowest BCUT2D eigenvalue weighted by molar-refractivity contribution is -0.568. The van der Waals surface area contributed by atoms with Crippen molar-refractivity contribution in [2.75, 3.05) is 5.33 Å². The van der Waals surface area contributed by atoms with Crippen LogP contribution in [0.25, 0.3) is 6.20 Å². The first-order chi connectivity index (χ1) is 5.72. The fourth-order valence-electron chi connectivity index (χ4n) is 0.892. The molecule has 1 nitrogen and oxygen atoms in total. The standard InChI is InChI=1S/C9H10Br2N/c1-8-3-2-4-12(6-8)7-9(11)5-10/h2-4,6-7H,5H2,1H3/q+1. The van der Waals surface area contributed by atoms with Crippen molar-refractivity contribution in [2.45, 2.75) is 6.92 Å². The van der Waals surface area contributed by atoms with Gasteiger partial charge in [0.2, 0.25) is 0 Å². The monoisotopic (exact) mass is 290 g/mol. The molecule has 0 amide bonds. The summed E-state index contributed by atoms with van der Waals surface area (Å²) in [5, 5.41) is 0.841. The van der Waals surface area contributed by atoms with Gasteiger partial charge in [0.15, 0.2) is 18.6 Å². The molecule has 0 aromatic carbocycles. The number of allylic oxidation sites excluding steroid dienone is 1. The Bertz CT molecular complexity index is 294. The molecule has 0 saturated heterocycles. The van der Waals surface area contributed by atoms with Gasteiger partial charge in [-0.1, -0.05) is 15.9 Å². The Morgan fingerprint density at radius 3 is 3.00 bits per heavy atom. The van der Waals surface area contributed by atoms with Crippen molar-refractivity contribution in [1.29, 1.82) is 0 Å². The lowest BCUT2D eigenvalue weighted by Crippen LogP contribution is -2.25. The second-order valence-electron chi connectivity index (χ2n) is 2.54. The maximum atomic E-state index is 3.43. The van der Waals surface area contributed by atoms with E-state index in [-0.39, 0.29) is 0 Å². The van der Waals surface area contributed by atoms with Gasteiger partial charge in [-0.05, 0) is 28.9 Å². The van der Waals surface area contributed by atoms with Gasteiger partial charge in [0.1, 0.15) is 0 Å². The molecular formula is C9H10Br2N+. The van der Waals surface area contributed by atoms with Crippen LogP contribution in [0.3, 0.4) is 0 Å². The number of hydrogen-bond donors (Lipinski definition) is 0. The fourth-order valence-corrected chi connectivity index (χ4v) is 1.27. The normalized spacial score (nSPS) is 11.8. The van der Waals surface area contributed by atoms with Gasteiger partial charge >= 0.3 is 0 Å². The third kappa shape index (κ3) is 3.07. The zero-order valence-corrected chi connectivity index (χ0v) is 9.97. The minimum atomic E-state index is 0.841. The Kier molecular flexibility index (Phi) is 3.95. The van der Waals surface area contributed by atoms with Crippen molar-refractivity contribution in [3.05, 3.63) is 34.6 Å². The molecule has 1 aromatic rings. The fraction of sp³-hybridized carbons (Fsp3) is 0.222. The van der Waals surface area contributed by atoms with Crippen LogP contribution in [-0.4, -0.2) is 5.33 Å². The third-order valence-corrected chi connectivity index (χ3v) is 3.23. The molecule has 1 rings (SSSR count). The van der Waals surface area contributed by atoms with Crippen molar-refractivity contribution >= 4 is 38.1 Å². The molecule has 0 spiro atoms. The molecule has 0 aliphatic heterocycles. The maximum absolute atomic E-state index is 3.43. The van der Waals surface area contributed by atoms with Crippen molar-refractivity contribution in [2.24, 2.45) is 0 Å². The van der Waals surface area contributed by atoms with Crippen LogP contribution in [0.2, 0.25) is 0 Å². The number of pyridine rings is 1. The van der Waals surface area contributed by atoms with Crippen LogP contribution in [0.4, 0.5) is 0 Å². The van der Waals surface area contributed by atoms with Crippen molar-refractivity contribution in [3.8, 4) is 0 Å². The molecule has 1 aromatic heterocycles. The van der Waals surface area contributed by atoms with Crippen LogP contribution in [0, 0.1) is 6.92 Å². The Morgan fingerprint density at radius 1 is 1.67 bits per heavy atom. The van der Waals surface area contributed by atoms with E-state index < -0.39 is 0 Å². The molecule has 64 valence electrons. The van der Waals surface area contributed by atoms with E-state index in [0.717, 1.165) is 9.81 Å². The second-order valence-corrected chi connectivity index (χ2v) is 4.12. The van der Waals surface area contributed by atoms with Gasteiger partial charge in [-0.15, -0.1) is 0 Å². The smallest absolute Gasteiger partial charge is 0.173 e. The topological polar surface area (TPSA) is 3.88 Å². The molecule has 0 aliphatic carbocycles. The summed E-state index contributed by atoms with van der Waals surface area (Å²) in [4.78, 5) is 0. The van der Waals surface area contributed by atoms with Crippen molar-refractivity contribution < 1.29 is 4.57 Å². The van der Waals surface area contributed by atoms with E-state index in [1.165, 1.54) is 5.56 Å². The predicted octanol–water partition coefficient (Wildman–Crippen LogP) is 2.87. The Labute approximate surface area is 89.4 Å². The first-order valence-electron chi connectivity index (χ1n) is 3.62. The van der Waals surface area contributed by atoms with Gasteiger partial charge in [-0.3, -0.25) is 0 Å². The van der Waals surface area contributed by atoms with E-state index in [1.54, 1.807) is 0 Å². The largest absolute Gasteiger partial charge is 0.185 e. The van der Waals surface area contributed by atoms with Gasteiger partial charge < -0.3 is 0 Å². The van der Waals surface area contributed by atoms with Gasteiger partial charge in [-0.2, -0.15) is 4.57 Å². The highest BCUT2D eigenvalue weighted by Gasteiger charge is 1.97. The molecular weight excluding hydrogens is 282 g/mol. The average Bonchev–Trinajstić information content (AvgIpc) is 2.04. The van der Waals surface area contributed by atoms with E-state index in [2.05, 4.69) is 51.0 Å². The minimum Gasteiger partial charge on any atom is -0.173 e. The number of alkyl halides is 1. The summed E-state index contributed by atoms with van der Waals surface area (Å²) in [6.07, 6.45) is 6.11. The summed E-state index contributed by atoms with van der Waals surface area (Å²) in [7, 11) is 0. The predicted molar refractivity (Wildman–Crippen MR) is 58.4 cm³/mol. The summed E-state index contributed by atoms with van der Waals surface area (Å²) in [6.45, 7) is 2.08. The molecule has 12 heavy (non-hydrogen) atoms. The lowest BCUT2D eigenvalue weighted by atomic mass is 10.3. The number of nitrogens with zero attached hydrogens (tertiary/aromatic N) is 1. The van der Waals surface area contributed by atoms with Crippen LogP contribution >= 0.6 is 31.9 Å². The second kappa shape index (κ2) is 4.77. The summed E-state index contributed by atoms with van der Waals surface area (Å²) < 4.78 is 3.15. The van der Waals surface area contributed by atoms with Crippen LogP contribution in [0.15, 0.2) is 29.0 Å². The molecule has 1 heterocycles. The van der Waals surface area contributed by atoms with E-state index in [1.807, 2.05) is 23.0 Å². The van der Waals surface area contributed by atoms with Crippen LogP contribution in [-0.2, 0) is 0 Å². The van der Waals surface area contributed by atoms with Gasteiger partial charge in [0, 0.05) is 17.0 Å². The highest BCUT2D eigenvalue weighted by atomic mass is 79.9. The molecule has 3 heteroatoms. The molecule has 0 bridgehead atoms. The van der Waals surface area contributed by atoms with Crippen LogP contribution in [0.5, 0.6) is 0 Å². The summed E-state index contributed by atoms with van der Waals surface area (Å²) in [5.41, 5.74) is 1.25. The highest BCUT2D eigenvalue weighted by molar-refractivity contribution is 9.13. The molecule has 0 unspecified atom stereocenters. The lowest BCUT2D eigenvalue weighted by Gasteiger charge is -1.90. The van der Waals surface area contributed by atoms with Crippen LogP contribution < -0.4 is 4.57 Å². The summed E-state index contributed by atoms with van der Waals surface area (Å²) >= 11 is 6.79. The Hall–Kier alpha value is -0.150. The first kappa shape index (κ1) is 9.93. The summed E-state index contributed by atoms with van der Waals surface area (Å²) in [6, 6.07) is 4.10. The molecule has 0 radical (unpaired) electrons. The van der Waals surface area contributed by atoms with Crippen molar-refractivity contribution in [1.82, 2.24) is 0 Å². The van der Waals surface area contributed by atoms with Crippen molar-refractivity contribution in [3.63, 3.8) is 0 Å². The Balaban J connectivity index is 2.89. The molecule has 0 fully saturated rings. The van der Waals surface area contributed by atoms with E-state index in [4.69, 9.17) is 0 Å². The average molecular weight is 292 g/mol. The number of hydrogen-bond acceptors (Lipinski definition) is 0. The third-order valence-electron chi connectivity index (χ3n) is 1.39. The number of halogens is 2. The molecule has 0 N–H and O–H groups in total. The highest BCUT2D eigenvalue weighted by Crippen LogP contribution is 2.06. The first-order valence-corrected chi connectivity index (χ1v) is 5.53. The zero-order chi connectivity index (χ0) is 8.97. The maximum Gasteiger partial charge on any atom is 0.185 e. The number of aromatic nitrogens is 1. The molecule has 0 saturated carbocycles. The SMILES string of the molecule is Cc1ccc[n+](C=C(Br)CBr)c1.